The fourth-order valence-electron chi connectivity index (χ4n) is 2.28. The summed E-state index contributed by atoms with van der Waals surface area (Å²) in [7, 11) is 3.92. The summed E-state index contributed by atoms with van der Waals surface area (Å²) in [4.78, 5) is 26.3. The fraction of sp³-hybridized carbons (Fsp3) is 0.429. The smallest absolute Gasteiger partial charge is 0.326 e. The predicted molar refractivity (Wildman–Crippen MR) is 72.0 cm³/mol. The second-order valence-electron chi connectivity index (χ2n) is 4.98. The number of aliphatic carboxylic acids is 1. The van der Waals surface area contributed by atoms with Gasteiger partial charge >= 0.3 is 5.97 Å². The Morgan fingerprint density at radius 3 is 2.53 bits per heavy atom. The molecule has 1 atom stereocenters. The van der Waals surface area contributed by atoms with Crippen LogP contribution >= 0.6 is 0 Å². The second kappa shape index (κ2) is 5.30. The van der Waals surface area contributed by atoms with Crippen LogP contribution in [0.25, 0.3) is 0 Å². The molecule has 102 valence electrons. The minimum absolute atomic E-state index is 0.0795. The number of carbonyl (C=O) groups excluding carboxylic acids is 1. The molecule has 0 bridgehead atoms. The molecule has 19 heavy (non-hydrogen) atoms. The monoisotopic (exact) mass is 262 g/mol. The van der Waals surface area contributed by atoms with Crippen molar-refractivity contribution < 1.29 is 14.7 Å². The first-order chi connectivity index (χ1) is 8.99. The molecule has 5 nitrogen and oxygen atoms in total. The van der Waals surface area contributed by atoms with Crippen LogP contribution in [0.2, 0.25) is 0 Å². The molecule has 2 rings (SSSR count). The van der Waals surface area contributed by atoms with Crippen LogP contribution in [0.4, 0.5) is 5.69 Å². The Hall–Kier alpha value is -2.04. The van der Waals surface area contributed by atoms with Crippen LogP contribution in [0.5, 0.6) is 0 Å². The number of likely N-dealkylation sites (tertiary alicyclic amines) is 1. The van der Waals surface area contributed by atoms with Crippen molar-refractivity contribution in [2.75, 3.05) is 19.0 Å². The maximum Gasteiger partial charge on any atom is 0.326 e. The summed E-state index contributed by atoms with van der Waals surface area (Å²) >= 11 is 0. The van der Waals surface area contributed by atoms with Crippen LogP contribution in [-0.2, 0) is 16.1 Å². The van der Waals surface area contributed by atoms with Gasteiger partial charge in [-0.05, 0) is 24.1 Å². The predicted octanol–water partition coefficient (Wildman–Crippen LogP) is 1.33. The van der Waals surface area contributed by atoms with E-state index in [2.05, 4.69) is 0 Å². The molecule has 1 aliphatic heterocycles. The van der Waals surface area contributed by atoms with Crippen molar-refractivity contribution in [2.24, 2.45) is 0 Å². The number of rotatable bonds is 4. The minimum atomic E-state index is -0.921. The Balaban J connectivity index is 2.11. The number of anilines is 1. The van der Waals surface area contributed by atoms with Gasteiger partial charge in [0.15, 0.2) is 0 Å². The topological polar surface area (TPSA) is 60.9 Å². The Morgan fingerprint density at radius 1 is 1.37 bits per heavy atom. The molecule has 0 unspecified atom stereocenters. The van der Waals surface area contributed by atoms with Crippen molar-refractivity contribution in [3.63, 3.8) is 0 Å². The first-order valence-corrected chi connectivity index (χ1v) is 6.27. The standard InChI is InChI=1S/C14H18N2O3/c1-15(2)11-5-3-10(4-6-11)9-16-12(14(18)19)7-8-13(16)17/h3-6,12H,7-9H2,1-2H3,(H,18,19)/t12-/m0/s1. The van der Waals surface area contributed by atoms with E-state index in [1.165, 1.54) is 4.90 Å². The quantitative estimate of drug-likeness (QED) is 0.889. The van der Waals surface area contributed by atoms with E-state index in [-0.39, 0.29) is 5.91 Å². The second-order valence-corrected chi connectivity index (χ2v) is 4.98. The highest BCUT2D eigenvalue weighted by molar-refractivity contribution is 5.87. The molecular weight excluding hydrogens is 244 g/mol. The molecule has 5 heteroatoms. The number of nitrogens with zero attached hydrogens (tertiary/aromatic N) is 2. The zero-order valence-electron chi connectivity index (χ0n) is 11.2. The largest absolute Gasteiger partial charge is 0.480 e. The lowest BCUT2D eigenvalue weighted by Gasteiger charge is -2.22. The maximum absolute atomic E-state index is 11.7. The molecule has 1 N–H and O–H groups in total. The van der Waals surface area contributed by atoms with E-state index < -0.39 is 12.0 Å². The summed E-state index contributed by atoms with van der Waals surface area (Å²) < 4.78 is 0. The number of carboxylic acid groups (broad SMARTS) is 1. The van der Waals surface area contributed by atoms with E-state index in [0.29, 0.717) is 19.4 Å². The SMILES string of the molecule is CN(C)c1ccc(CN2C(=O)CC[C@H]2C(=O)O)cc1. The molecule has 0 aliphatic carbocycles. The fourth-order valence-corrected chi connectivity index (χ4v) is 2.28. The third-order valence-corrected chi connectivity index (χ3v) is 3.42. The van der Waals surface area contributed by atoms with Crippen LogP contribution in [0, 0.1) is 0 Å². The molecule has 1 aliphatic rings. The Bertz CT molecular complexity index is 482. The van der Waals surface area contributed by atoms with Crippen molar-refractivity contribution >= 4 is 17.6 Å². The number of hydrogen-bond donors (Lipinski definition) is 1. The van der Waals surface area contributed by atoms with Gasteiger partial charge in [0.1, 0.15) is 6.04 Å². The molecule has 1 saturated heterocycles. The van der Waals surface area contributed by atoms with E-state index in [1.807, 2.05) is 43.3 Å². The molecule has 0 spiro atoms. The van der Waals surface area contributed by atoms with Crippen LogP contribution in [0.1, 0.15) is 18.4 Å². The molecule has 1 aromatic carbocycles. The summed E-state index contributed by atoms with van der Waals surface area (Å²) in [5, 5.41) is 9.10. The third-order valence-electron chi connectivity index (χ3n) is 3.42. The van der Waals surface area contributed by atoms with Gasteiger partial charge in [-0.25, -0.2) is 4.79 Å². The van der Waals surface area contributed by atoms with Gasteiger partial charge < -0.3 is 14.9 Å². The van der Waals surface area contributed by atoms with Gasteiger partial charge in [0.05, 0.1) is 0 Å². The van der Waals surface area contributed by atoms with Gasteiger partial charge in [0.2, 0.25) is 5.91 Å². The Kier molecular flexibility index (Phi) is 3.74. The van der Waals surface area contributed by atoms with Crippen molar-refractivity contribution in [1.82, 2.24) is 4.90 Å². The summed E-state index contributed by atoms with van der Waals surface area (Å²) in [6, 6.07) is 7.11. The van der Waals surface area contributed by atoms with Crippen molar-refractivity contribution in [2.45, 2.75) is 25.4 Å². The van der Waals surface area contributed by atoms with E-state index >= 15 is 0 Å². The molecular formula is C14H18N2O3. The average molecular weight is 262 g/mol. The highest BCUT2D eigenvalue weighted by Crippen LogP contribution is 2.22. The summed E-state index contributed by atoms with van der Waals surface area (Å²) in [6.07, 6.45) is 0.733. The molecule has 0 saturated carbocycles. The lowest BCUT2D eigenvalue weighted by atomic mass is 10.1. The van der Waals surface area contributed by atoms with E-state index in [4.69, 9.17) is 5.11 Å². The normalized spacial score (nSPS) is 18.7. The van der Waals surface area contributed by atoms with Gasteiger partial charge in [0.25, 0.3) is 0 Å². The van der Waals surface area contributed by atoms with Crippen molar-refractivity contribution in [1.29, 1.82) is 0 Å². The molecule has 1 amide bonds. The highest BCUT2D eigenvalue weighted by Gasteiger charge is 2.35. The van der Waals surface area contributed by atoms with Gasteiger partial charge in [0, 0.05) is 32.7 Å². The van der Waals surface area contributed by atoms with Gasteiger partial charge in [-0.3, -0.25) is 4.79 Å². The van der Waals surface area contributed by atoms with Crippen LogP contribution in [0.15, 0.2) is 24.3 Å². The number of hydrogen-bond acceptors (Lipinski definition) is 3. The van der Waals surface area contributed by atoms with Gasteiger partial charge in [-0.1, -0.05) is 12.1 Å². The number of benzene rings is 1. The number of carboxylic acids is 1. The highest BCUT2D eigenvalue weighted by atomic mass is 16.4. The summed E-state index contributed by atoms with van der Waals surface area (Å²) in [6.45, 7) is 0.365. The van der Waals surface area contributed by atoms with Crippen molar-refractivity contribution in [3.8, 4) is 0 Å². The number of amides is 1. The lowest BCUT2D eigenvalue weighted by molar-refractivity contribution is -0.146. The lowest BCUT2D eigenvalue weighted by Crippen LogP contribution is -2.37. The van der Waals surface area contributed by atoms with E-state index in [0.717, 1.165) is 11.3 Å². The first kappa shape index (κ1) is 13.4. The molecule has 1 fully saturated rings. The Morgan fingerprint density at radius 2 is 2.00 bits per heavy atom. The molecule has 0 radical (unpaired) electrons. The summed E-state index contributed by atoms with van der Waals surface area (Å²) in [5.74, 6) is -1.00. The van der Waals surface area contributed by atoms with Crippen LogP contribution < -0.4 is 4.90 Å². The van der Waals surface area contributed by atoms with Gasteiger partial charge in [-0.2, -0.15) is 0 Å². The molecule has 0 aromatic heterocycles. The third kappa shape index (κ3) is 2.86. The van der Waals surface area contributed by atoms with Gasteiger partial charge in [-0.15, -0.1) is 0 Å². The summed E-state index contributed by atoms with van der Waals surface area (Å²) in [5.41, 5.74) is 2.03. The zero-order chi connectivity index (χ0) is 14.0. The molecule has 1 aromatic rings. The zero-order valence-corrected chi connectivity index (χ0v) is 11.2. The first-order valence-electron chi connectivity index (χ1n) is 6.27. The van der Waals surface area contributed by atoms with Crippen molar-refractivity contribution in [3.05, 3.63) is 29.8 Å². The van der Waals surface area contributed by atoms with Crippen LogP contribution in [0.3, 0.4) is 0 Å². The Labute approximate surface area is 112 Å². The number of carbonyl (C=O) groups is 2. The minimum Gasteiger partial charge on any atom is -0.480 e. The maximum atomic E-state index is 11.7. The average Bonchev–Trinajstić information content (AvgIpc) is 2.72. The molecule has 1 heterocycles. The van der Waals surface area contributed by atoms with Crippen LogP contribution in [-0.4, -0.2) is 42.0 Å². The van der Waals surface area contributed by atoms with E-state index in [9.17, 15) is 9.59 Å². The van der Waals surface area contributed by atoms with E-state index in [1.54, 1.807) is 0 Å².